The maximum absolute atomic E-state index is 13.9. The number of benzene rings is 3. The highest BCUT2D eigenvalue weighted by molar-refractivity contribution is 5.91. The fraction of sp³-hybridized carbons (Fsp3) is 0.0800. The van der Waals surface area contributed by atoms with Gasteiger partial charge in [-0.25, -0.2) is 14.0 Å². The zero-order valence-corrected chi connectivity index (χ0v) is 17.4. The highest BCUT2D eigenvalue weighted by atomic mass is 19.1. The highest BCUT2D eigenvalue weighted by Gasteiger charge is 2.31. The van der Waals surface area contributed by atoms with Crippen LogP contribution in [0, 0.1) is 17.1 Å². The summed E-state index contributed by atoms with van der Waals surface area (Å²) in [6, 6.07) is 18.7. The van der Waals surface area contributed by atoms with Gasteiger partial charge in [0.2, 0.25) is 5.88 Å². The lowest BCUT2D eigenvalue weighted by Gasteiger charge is -2.26. The SMILES string of the molecule is COC(=O)c1ccc(C2C(C#N)=C(N)Oc3cc(OC(=O)c4ccccc4F)ccc32)cc1. The Morgan fingerprint density at radius 2 is 1.79 bits per heavy atom. The van der Waals surface area contributed by atoms with Crippen LogP contribution in [0.3, 0.4) is 0 Å². The molecule has 1 heterocycles. The van der Waals surface area contributed by atoms with Crippen LogP contribution >= 0.6 is 0 Å². The molecule has 0 aromatic heterocycles. The minimum absolute atomic E-state index is 0.0929. The smallest absolute Gasteiger partial charge is 0.346 e. The summed E-state index contributed by atoms with van der Waals surface area (Å²) in [5.74, 6) is -2.29. The predicted octanol–water partition coefficient (Wildman–Crippen LogP) is 4.05. The van der Waals surface area contributed by atoms with Crippen molar-refractivity contribution in [3.8, 4) is 17.6 Å². The van der Waals surface area contributed by atoms with Crippen molar-refractivity contribution in [2.24, 2.45) is 5.73 Å². The van der Waals surface area contributed by atoms with Crippen LogP contribution in [0.5, 0.6) is 11.5 Å². The topological polar surface area (TPSA) is 112 Å². The van der Waals surface area contributed by atoms with Gasteiger partial charge in [0.15, 0.2) is 0 Å². The molecule has 164 valence electrons. The second-order valence-electron chi connectivity index (χ2n) is 7.11. The monoisotopic (exact) mass is 444 g/mol. The Balaban J connectivity index is 1.68. The lowest BCUT2D eigenvalue weighted by molar-refractivity contribution is 0.0600. The molecule has 33 heavy (non-hydrogen) atoms. The van der Waals surface area contributed by atoms with Crippen LogP contribution in [0.25, 0.3) is 0 Å². The zero-order valence-electron chi connectivity index (χ0n) is 17.4. The van der Waals surface area contributed by atoms with E-state index in [4.69, 9.17) is 19.9 Å². The molecular weight excluding hydrogens is 427 g/mol. The molecule has 0 spiro atoms. The second kappa shape index (κ2) is 8.85. The van der Waals surface area contributed by atoms with Crippen LogP contribution < -0.4 is 15.2 Å². The molecule has 1 unspecified atom stereocenters. The van der Waals surface area contributed by atoms with Gasteiger partial charge in [0, 0.05) is 11.6 Å². The number of allylic oxidation sites excluding steroid dienone is 1. The van der Waals surface area contributed by atoms with E-state index in [1.54, 1.807) is 30.3 Å². The maximum Gasteiger partial charge on any atom is 0.346 e. The average molecular weight is 444 g/mol. The minimum Gasteiger partial charge on any atom is -0.465 e. The summed E-state index contributed by atoms with van der Waals surface area (Å²) in [6.07, 6.45) is 0. The fourth-order valence-corrected chi connectivity index (χ4v) is 3.56. The fourth-order valence-electron chi connectivity index (χ4n) is 3.56. The van der Waals surface area contributed by atoms with E-state index >= 15 is 0 Å². The van der Waals surface area contributed by atoms with Crippen molar-refractivity contribution in [2.45, 2.75) is 5.92 Å². The van der Waals surface area contributed by atoms with Gasteiger partial charge in [0.25, 0.3) is 0 Å². The number of halogens is 1. The van der Waals surface area contributed by atoms with Gasteiger partial charge in [-0.05, 0) is 35.9 Å². The molecule has 0 fully saturated rings. The molecule has 0 radical (unpaired) electrons. The van der Waals surface area contributed by atoms with Crippen molar-refractivity contribution in [3.63, 3.8) is 0 Å². The van der Waals surface area contributed by atoms with Crippen LogP contribution in [0.2, 0.25) is 0 Å². The summed E-state index contributed by atoms with van der Waals surface area (Å²) < 4.78 is 29.5. The van der Waals surface area contributed by atoms with Crippen LogP contribution in [0.1, 0.15) is 37.8 Å². The van der Waals surface area contributed by atoms with Gasteiger partial charge in [0.05, 0.1) is 24.2 Å². The van der Waals surface area contributed by atoms with E-state index in [-0.39, 0.29) is 28.5 Å². The summed E-state index contributed by atoms with van der Waals surface area (Å²) in [5.41, 5.74) is 7.66. The van der Waals surface area contributed by atoms with Crippen molar-refractivity contribution in [2.75, 3.05) is 7.11 Å². The molecule has 8 heteroatoms. The number of carbonyl (C=O) groups is 2. The normalized spacial score (nSPS) is 14.5. The predicted molar refractivity (Wildman–Crippen MR) is 115 cm³/mol. The third kappa shape index (κ3) is 4.12. The Bertz CT molecular complexity index is 1330. The maximum atomic E-state index is 13.9. The van der Waals surface area contributed by atoms with Crippen LogP contribution in [-0.2, 0) is 4.74 Å². The number of ether oxygens (including phenoxy) is 3. The first-order chi connectivity index (χ1) is 15.9. The molecule has 0 saturated carbocycles. The van der Waals surface area contributed by atoms with Gasteiger partial charge >= 0.3 is 11.9 Å². The molecular formula is C25H17FN2O5. The molecule has 1 aliphatic heterocycles. The number of rotatable bonds is 4. The number of nitriles is 1. The van der Waals surface area contributed by atoms with Crippen LogP contribution in [0.15, 0.2) is 78.2 Å². The van der Waals surface area contributed by atoms with Gasteiger partial charge in [-0.2, -0.15) is 5.26 Å². The number of esters is 2. The third-order valence-corrected chi connectivity index (χ3v) is 5.16. The molecule has 0 saturated heterocycles. The van der Waals surface area contributed by atoms with E-state index in [2.05, 4.69) is 6.07 Å². The number of carbonyl (C=O) groups excluding carboxylic acids is 2. The van der Waals surface area contributed by atoms with Gasteiger partial charge in [0.1, 0.15) is 29.0 Å². The molecule has 3 aromatic rings. The third-order valence-electron chi connectivity index (χ3n) is 5.16. The molecule has 3 aromatic carbocycles. The second-order valence-corrected chi connectivity index (χ2v) is 7.11. The molecule has 4 rings (SSSR count). The number of hydrogen-bond donors (Lipinski definition) is 1. The molecule has 0 bridgehead atoms. The first-order valence-electron chi connectivity index (χ1n) is 9.79. The molecule has 2 N–H and O–H groups in total. The minimum atomic E-state index is -0.861. The quantitative estimate of drug-likeness (QED) is 0.477. The standard InChI is InChI=1S/C25H17FN2O5/c1-31-24(29)15-8-6-14(7-9-15)22-18-11-10-16(12-21(18)33-23(28)19(22)13-27)32-25(30)17-4-2-3-5-20(17)26/h2-12,22H,28H2,1H3. The average Bonchev–Trinajstić information content (AvgIpc) is 2.83. The molecule has 1 atom stereocenters. The van der Waals surface area contributed by atoms with Crippen molar-refractivity contribution < 1.29 is 28.2 Å². The first-order valence-corrected chi connectivity index (χ1v) is 9.79. The van der Waals surface area contributed by atoms with Crippen molar-refractivity contribution >= 4 is 11.9 Å². The van der Waals surface area contributed by atoms with Crippen molar-refractivity contribution in [3.05, 3.63) is 106 Å². The van der Waals surface area contributed by atoms with E-state index < -0.39 is 23.7 Å². The van der Waals surface area contributed by atoms with Gasteiger partial charge in [-0.1, -0.05) is 30.3 Å². The molecule has 0 amide bonds. The lowest BCUT2D eigenvalue weighted by Crippen LogP contribution is -2.21. The Morgan fingerprint density at radius 3 is 2.45 bits per heavy atom. The summed E-state index contributed by atoms with van der Waals surface area (Å²) in [4.78, 5) is 24.1. The van der Waals surface area contributed by atoms with E-state index in [1.165, 1.54) is 37.4 Å². The van der Waals surface area contributed by atoms with Crippen LogP contribution in [-0.4, -0.2) is 19.0 Å². The number of hydrogen-bond acceptors (Lipinski definition) is 7. The van der Waals surface area contributed by atoms with Gasteiger partial charge < -0.3 is 19.9 Å². The summed E-state index contributed by atoms with van der Waals surface area (Å²) in [6.45, 7) is 0. The number of fused-ring (bicyclic) bond motifs is 1. The first kappa shape index (κ1) is 21.6. The van der Waals surface area contributed by atoms with Crippen molar-refractivity contribution in [1.29, 1.82) is 5.26 Å². The van der Waals surface area contributed by atoms with Crippen molar-refractivity contribution in [1.82, 2.24) is 0 Å². The molecule has 7 nitrogen and oxygen atoms in total. The van der Waals surface area contributed by atoms with E-state index in [0.29, 0.717) is 16.7 Å². The summed E-state index contributed by atoms with van der Waals surface area (Å²) in [7, 11) is 1.29. The Morgan fingerprint density at radius 1 is 1.06 bits per heavy atom. The van der Waals surface area contributed by atoms with Gasteiger partial charge in [-0.15, -0.1) is 0 Å². The lowest BCUT2D eigenvalue weighted by atomic mass is 9.83. The Labute approximate surface area is 188 Å². The van der Waals surface area contributed by atoms with E-state index in [1.807, 2.05) is 0 Å². The number of nitrogens with two attached hydrogens (primary N) is 1. The molecule has 0 aliphatic carbocycles. The Hall–Kier alpha value is -4.64. The van der Waals surface area contributed by atoms with E-state index in [9.17, 15) is 19.2 Å². The molecule has 1 aliphatic rings. The zero-order chi connectivity index (χ0) is 23.5. The highest BCUT2D eigenvalue weighted by Crippen LogP contribution is 2.43. The van der Waals surface area contributed by atoms with Crippen LogP contribution in [0.4, 0.5) is 4.39 Å². The summed E-state index contributed by atoms with van der Waals surface area (Å²) in [5, 5.41) is 9.68. The van der Waals surface area contributed by atoms with Gasteiger partial charge in [-0.3, -0.25) is 0 Å². The summed E-state index contributed by atoms with van der Waals surface area (Å²) >= 11 is 0. The largest absolute Gasteiger partial charge is 0.465 e. The Kier molecular flexibility index (Phi) is 5.79. The number of methoxy groups -OCH3 is 1. The van der Waals surface area contributed by atoms with E-state index in [0.717, 1.165) is 6.07 Å². The number of nitrogens with zero attached hydrogens (tertiary/aromatic N) is 1.